The van der Waals surface area contributed by atoms with Crippen LogP contribution in [-0.2, 0) is 0 Å². The average Bonchev–Trinajstić information content (AvgIpc) is 2.28. The van der Waals surface area contributed by atoms with E-state index in [0.717, 1.165) is 5.02 Å². The fourth-order valence-corrected chi connectivity index (χ4v) is 2.34. The monoisotopic (exact) mass is 224 g/mol. The van der Waals surface area contributed by atoms with Crippen LogP contribution in [0.4, 0.5) is 0 Å². The predicted octanol–water partition coefficient (Wildman–Crippen LogP) is 2.90. The lowest BCUT2D eigenvalue weighted by molar-refractivity contribution is 1.78. The molecule has 0 N–H and O–H groups in total. The molecule has 0 aliphatic heterocycles. The predicted molar refractivity (Wildman–Crippen MR) is 74.6 cm³/mol. The molecule has 0 saturated carbocycles. The number of fused-ring (bicyclic) bond motifs is 3. The van der Waals surface area contributed by atoms with E-state index in [1.165, 1.54) is 27.0 Å². The van der Waals surface area contributed by atoms with Crippen molar-refractivity contribution in [1.82, 2.24) is 0 Å². The zero-order valence-corrected chi connectivity index (χ0v) is 9.75. The molecule has 0 heterocycles. The van der Waals surface area contributed by atoms with Crippen LogP contribution in [0.25, 0.3) is 21.5 Å². The van der Waals surface area contributed by atoms with Crippen LogP contribution in [0, 0.1) is 0 Å². The zero-order chi connectivity index (χ0) is 11.1. The zero-order valence-electron chi connectivity index (χ0n) is 9.00. The molecule has 0 bridgehead atoms. The van der Waals surface area contributed by atoms with Crippen molar-refractivity contribution in [1.29, 1.82) is 0 Å². The van der Waals surface area contributed by atoms with E-state index in [0.29, 0.717) is 0 Å². The van der Waals surface area contributed by atoms with Crippen molar-refractivity contribution in [3.05, 3.63) is 53.6 Å². The maximum absolute atomic E-state index is 6.00. The van der Waals surface area contributed by atoms with Gasteiger partial charge in [-0.25, -0.2) is 0 Å². The van der Waals surface area contributed by atoms with E-state index in [-0.39, 0.29) is 0 Å². The molecular weight excluding hydrogens is 214 g/mol. The minimum absolute atomic E-state index is 0.791. The highest BCUT2D eigenvalue weighted by molar-refractivity contribution is 6.34. The van der Waals surface area contributed by atoms with Gasteiger partial charge in [0.15, 0.2) is 0 Å². The van der Waals surface area contributed by atoms with Gasteiger partial charge in [-0.1, -0.05) is 53.5 Å². The third kappa shape index (κ3) is 1.48. The van der Waals surface area contributed by atoms with Crippen molar-refractivity contribution >= 4 is 46.5 Å². The maximum atomic E-state index is 6.00. The summed E-state index contributed by atoms with van der Waals surface area (Å²) in [6, 6.07) is 16.9. The molecule has 0 aromatic heterocycles. The normalized spacial score (nSPS) is 11.1. The number of hydrogen-bond donors (Lipinski definition) is 0. The number of halogens is 1. The molecule has 0 saturated heterocycles. The Hall–Kier alpha value is -1.47. The van der Waals surface area contributed by atoms with E-state index in [1.54, 1.807) is 0 Å². The Morgan fingerprint density at radius 3 is 2.12 bits per heavy atom. The minimum atomic E-state index is 0.791. The fourth-order valence-electron chi connectivity index (χ4n) is 2.16. The van der Waals surface area contributed by atoms with Gasteiger partial charge in [-0.2, -0.15) is 0 Å². The average molecular weight is 224 g/mol. The lowest BCUT2D eigenvalue weighted by Crippen LogP contribution is -1.99. The highest BCUT2D eigenvalue weighted by Crippen LogP contribution is 2.26. The number of benzene rings is 3. The summed E-state index contributed by atoms with van der Waals surface area (Å²) >= 11 is 6.00. The number of rotatable bonds is 0. The minimum Gasteiger partial charge on any atom is -0.0883 e. The van der Waals surface area contributed by atoms with Crippen molar-refractivity contribution in [2.24, 2.45) is 0 Å². The summed E-state index contributed by atoms with van der Waals surface area (Å²) in [5.74, 6) is 0. The van der Waals surface area contributed by atoms with Crippen LogP contribution in [0.3, 0.4) is 0 Å². The van der Waals surface area contributed by atoms with Gasteiger partial charge in [-0.05, 0) is 33.7 Å². The van der Waals surface area contributed by atoms with Gasteiger partial charge < -0.3 is 0 Å². The summed E-state index contributed by atoms with van der Waals surface area (Å²) in [5.41, 5.74) is 1.29. The first kappa shape index (κ1) is 9.74. The Morgan fingerprint density at radius 1 is 0.750 bits per heavy atom. The van der Waals surface area contributed by atoms with Crippen LogP contribution >= 0.6 is 11.6 Å². The molecular formula is C14H10BCl. The molecule has 0 nitrogen and oxygen atoms in total. The SMILES string of the molecule is Bc1ccc2c(ccc3cc(Cl)ccc32)c1. The largest absolute Gasteiger partial charge is 0.139 e. The van der Waals surface area contributed by atoms with Crippen LogP contribution in [0.5, 0.6) is 0 Å². The topological polar surface area (TPSA) is 0 Å². The Balaban J connectivity index is 2.50. The first-order valence-corrected chi connectivity index (χ1v) is 5.70. The summed E-state index contributed by atoms with van der Waals surface area (Å²) in [6.45, 7) is 0. The van der Waals surface area contributed by atoms with Crippen LogP contribution in [0.2, 0.25) is 5.02 Å². The molecule has 3 rings (SSSR count). The van der Waals surface area contributed by atoms with Crippen LogP contribution in [0.1, 0.15) is 0 Å². The van der Waals surface area contributed by atoms with Crippen LogP contribution in [0.15, 0.2) is 48.5 Å². The van der Waals surface area contributed by atoms with E-state index in [4.69, 9.17) is 11.6 Å². The Morgan fingerprint density at radius 2 is 1.38 bits per heavy atom. The first-order valence-electron chi connectivity index (χ1n) is 5.33. The Labute approximate surface area is 100 Å². The molecule has 3 aromatic rings. The highest BCUT2D eigenvalue weighted by atomic mass is 35.5. The van der Waals surface area contributed by atoms with Crippen LogP contribution < -0.4 is 5.46 Å². The van der Waals surface area contributed by atoms with Gasteiger partial charge in [-0.15, -0.1) is 0 Å². The third-order valence-corrected chi connectivity index (χ3v) is 3.19. The lowest BCUT2D eigenvalue weighted by Gasteiger charge is -2.05. The second-order valence-electron chi connectivity index (χ2n) is 4.16. The van der Waals surface area contributed by atoms with E-state index < -0.39 is 0 Å². The molecule has 0 radical (unpaired) electrons. The lowest BCUT2D eigenvalue weighted by atomic mass is 9.92. The van der Waals surface area contributed by atoms with E-state index >= 15 is 0 Å². The van der Waals surface area contributed by atoms with Gasteiger partial charge in [0.2, 0.25) is 0 Å². The molecule has 0 spiro atoms. The highest BCUT2D eigenvalue weighted by Gasteiger charge is 2.00. The van der Waals surface area contributed by atoms with Gasteiger partial charge in [0.25, 0.3) is 0 Å². The second kappa shape index (κ2) is 3.53. The van der Waals surface area contributed by atoms with E-state index in [1.807, 2.05) is 12.1 Å². The Kier molecular flexibility index (Phi) is 2.15. The molecule has 0 aliphatic carbocycles. The molecule has 0 unspecified atom stereocenters. The van der Waals surface area contributed by atoms with Crippen molar-refractivity contribution in [3.8, 4) is 0 Å². The summed E-state index contributed by atoms with van der Waals surface area (Å²) in [4.78, 5) is 0. The summed E-state index contributed by atoms with van der Waals surface area (Å²) < 4.78 is 0. The molecule has 76 valence electrons. The van der Waals surface area contributed by atoms with E-state index in [2.05, 4.69) is 44.2 Å². The molecule has 2 heteroatoms. The fraction of sp³-hybridized carbons (Fsp3) is 0. The Bertz CT molecular complexity index is 628. The molecule has 0 atom stereocenters. The first-order chi connectivity index (χ1) is 7.74. The molecule has 0 fully saturated rings. The molecule has 0 amide bonds. The number of hydrogen-bond acceptors (Lipinski definition) is 0. The molecule has 3 aromatic carbocycles. The maximum Gasteiger partial charge on any atom is 0.139 e. The molecule has 0 aliphatic rings. The quantitative estimate of drug-likeness (QED) is 0.407. The van der Waals surface area contributed by atoms with E-state index in [9.17, 15) is 0 Å². The van der Waals surface area contributed by atoms with Gasteiger partial charge in [0, 0.05) is 5.02 Å². The van der Waals surface area contributed by atoms with Gasteiger partial charge in [0.1, 0.15) is 7.85 Å². The smallest absolute Gasteiger partial charge is 0.0883 e. The third-order valence-electron chi connectivity index (χ3n) is 2.95. The van der Waals surface area contributed by atoms with Crippen molar-refractivity contribution < 1.29 is 0 Å². The summed E-state index contributed by atoms with van der Waals surface area (Å²) in [5, 5.41) is 5.83. The summed E-state index contributed by atoms with van der Waals surface area (Å²) in [6.07, 6.45) is 0. The van der Waals surface area contributed by atoms with Gasteiger partial charge >= 0.3 is 0 Å². The van der Waals surface area contributed by atoms with Crippen molar-refractivity contribution in [2.75, 3.05) is 0 Å². The van der Waals surface area contributed by atoms with Gasteiger partial charge in [-0.3, -0.25) is 0 Å². The van der Waals surface area contributed by atoms with Crippen LogP contribution in [-0.4, -0.2) is 7.85 Å². The second-order valence-corrected chi connectivity index (χ2v) is 4.59. The van der Waals surface area contributed by atoms with Crippen molar-refractivity contribution in [3.63, 3.8) is 0 Å². The van der Waals surface area contributed by atoms with Gasteiger partial charge in [0.05, 0.1) is 0 Å². The summed E-state index contributed by atoms with van der Waals surface area (Å²) in [7, 11) is 2.12. The van der Waals surface area contributed by atoms with Crippen molar-refractivity contribution in [2.45, 2.75) is 0 Å². The standard InChI is InChI=1S/C14H10BCl/c15-11-3-5-13-9(7-11)1-2-10-8-12(16)4-6-14(10)13/h1-8H,15H2. The molecule has 16 heavy (non-hydrogen) atoms.